The van der Waals surface area contributed by atoms with Crippen molar-refractivity contribution in [3.05, 3.63) is 77.9 Å². The summed E-state index contributed by atoms with van der Waals surface area (Å²) in [5, 5.41) is 9.74. The van der Waals surface area contributed by atoms with Gasteiger partial charge >= 0.3 is 5.97 Å². The summed E-state index contributed by atoms with van der Waals surface area (Å²) in [7, 11) is 0. The number of nitrogens with zero attached hydrogens (tertiary/aromatic N) is 3. The normalized spacial score (nSPS) is 12.0. The molecule has 3 aromatic rings. The molecule has 3 rings (SSSR count). The van der Waals surface area contributed by atoms with Gasteiger partial charge in [0.25, 0.3) is 0 Å². The molecule has 0 bridgehead atoms. The van der Waals surface area contributed by atoms with Crippen molar-refractivity contribution in [2.75, 3.05) is 0 Å². The summed E-state index contributed by atoms with van der Waals surface area (Å²) in [5.41, 5.74) is 1.71. The third-order valence-electron chi connectivity index (χ3n) is 3.34. The number of carboxylic acid groups (broad SMARTS) is 1. The molecule has 0 radical (unpaired) electrons. The highest BCUT2D eigenvalue weighted by Gasteiger charge is 2.25. The van der Waals surface area contributed by atoms with Gasteiger partial charge in [-0.1, -0.05) is 36.4 Å². The van der Waals surface area contributed by atoms with Crippen LogP contribution in [0.2, 0.25) is 0 Å². The zero-order valence-electron chi connectivity index (χ0n) is 11.5. The van der Waals surface area contributed by atoms with Crippen molar-refractivity contribution in [2.45, 2.75) is 11.2 Å². The molecule has 0 saturated carbocycles. The van der Waals surface area contributed by atoms with Gasteiger partial charge in [-0.2, -0.15) is 0 Å². The molecular formula is C16H13N3O2S. The second kappa shape index (κ2) is 6.03. The van der Waals surface area contributed by atoms with Crippen LogP contribution in [-0.4, -0.2) is 25.6 Å². The van der Waals surface area contributed by atoms with E-state index in [1.54, 1.807) is 10.8 Å². The maximum absolute atomic E-state index is 11.5. The fourth-order valence-electron chi connectivity index (χ4n) is 2.39. The van der Waals surface area contributed by atoms with Gasteiger partial charge in [-0.15, -0.1) is 12.6 Å². The quantitative estimate of drug-likeness (QED) is 0.727. The average molecular weight is 311 g/mol. The Bertz CT molecular complexity index is 748. The molecule has 6 heteroatoms. The molecule has 22 heavy (non-hydrogen) atoms. The van der Waals surface area contributed by atoms with Crippen LogP contribution in [0.3, 0.4) is 0 Å². The first-order valence-corrected chi connectivity index (χ1v) is 7.08. The number of rotatable bonds is 4. The lowest BCUT2D eigenvalue weighted by Gasteiger charge is -2.21. The van der Waals surface area contributed by atoms with Gasteiger partial charge in [0.1, 0.15) is 11.7 Å². The first-order chi connectivity index (χ1) is 10.7. The van der Waals surface area contributed by atoms with Crippen LogP contribution in [0.5, 0.6) is 0 Å². The van der Waals surface area contributed by atoms with E-state index in [2.05, 4.69) is 22.6 Å². The van der Waals surface area contributed by atoms with Crippen molar-refractivity contribution in [1.29, 1.82) is 0 Å². The molecule has 0 aliphatic carbocycles. The molecule has 110 valence electrons. The molecule has 2 aromatic heterocycles. The van der Waals surface area contributed by atoms with Crippen molar-refractivity contribution in [1.82, 2.24) is 14.5 Å². The van der Waals surface area contributed by atoms with Crippen LogP contribution >= 0.6 is 12.6 Å². The standard InChI is InChI=1S/C16H13N3O2S/c20-15(21)13-10-18-16(22)19(13)14(11-6-2-1-3-7-11)12-8-4-5-9-17-12/h1-10,14H,(H,18,22)(H,20,21). The van der Waals surface area contributed by atoms with Gasteiger partial charge in [-0.25, -0.2) is 9.78 Å². The number of benzene rings is 1. The Morgan fingerprint density at radius 2 is 1.82 bits per heavy atom. The van der Waals surface area contributed by atoms with Gasteiger partial charge in [-0.05, 0) is 17.7 Å². The van der Waals surface area contributed by atoms with Gasteiger partial charge in [-0.3, -0.25) is 4.98 Å². The first kappa shape index (κ1) is 14.3. The van der Waals surface area contributed by atoms with Crippen molar-refractivity contribution >= 4 is 18.6 Å². The summed E-state index contributed by atoms with van der Waals surface area (Å²) in [6, 6.07) is 14.7. The number of aromatic carboxylic acids is 1. The lowest BCUT2D eigenvalue weighted by atomic mass is 10.0. The Kier molecular flexibility index (Phi) is 3.93. The summed E-state index contributed by atoms with van der Waals surface area (Å²) in [4.78, 5) is 19.9. The van der Waals surface area contributed by atoms with E-state index >= 15 is 0 Å². The molecule has 0 saturated heterocycles. The number of imidazole rings is 1. The third kappa shape index (κ3) is 2.60. The predicted octanol–water partition coefficient (Wildman–Crippen LogP) is 2.90. The Balaban J connectivity index is 2.24. The van der Waals surface area contributed by atoms with E-state index in [0.29, 0.717) is 5.16 Å². The number of thiol groups is 1. The van der Waals surface area contributed by atoms with Gasteiger partial charge < -0.3 is 9.67 Å². The molecule has 0 amide bonds. The predicted molar refractivity (Wildman–Crippen MR) is 84.4 cm³/mol. The summed E-state index contributed by atoms with van der Waals surface area (Å²) in [5.74, 6) is -1.05. The number of aromatic nitrogens is 3. The van der Waals surface area contributed by atoms with Crippen LogP contribution in [0.4, 0.5) is 0 Å². The Morgan fingerprint density at radius 1 is 1.09 bits per heavy atom. The van der Waals surface area contributed by atoms with Gasteiger partial charge in [0.2, 0.25) is 0 Å². The van der Waals surface area contributed by atoms with E-state index in [-0.39, 0.29) is 5.69 Å². The third-order valence-corrected chi connectivity index (χ3v) is 3.67. The zero-order chi connectivity index (χ0) is 15.5. The molecule has 1 unspecified atom stereocenters. The van der Waals surface area contributed by atoms with Gasteiger partial charge in [0.15, 0.2) is 5.16 Å². The molecular weight excluding hydrogens is 298 g/mol. The van der Waals surface area contributed by atoms with Crippen molar-refractivity contribution in [3.63, 3.8) is 0 Å². The molecule has 5 nitrogen and oxygen atoms in total. The number of pyridine rings is 1. The average Bonchev–Trinajstić information content (AvgIpc) is 2.92. The lowest BCUT2D eigenvalue weighted by molar-refractivity contribution is 0.0683. The smallest absolute Gasteiger partial charge is 0.354 e. The second-order valence-electron chi connectivity index (χ2n) is 4.69. The van der Waals surface area contributed by atoms with Crippen LogP contribution in [-0.2, 0) is 0 Å². The highest BCUT2D eigenvalue weighted by Crippen LogP contribution is 2.29. The highest BCUT2D eigenvalue weighted by molar-refractivity contribution is 7.80. The van der Waals surface area contributed by atoms with Crippen molar-refractivity contribution in [2.24, 2.45) is 0 Å². The van der Waals surface area contributed by atoms with Gasteiger partial charge in [0.05, 0.1) is 11.9 Å². The largest absolute Gasteiger partial charge is 0.477 e. The van der Waals surface area contributed by atoms with E-state index in [9.17, 15) is 9.90 Å². The van der Waals surface area contributed by atoms with Crippen LogP contribution in [0.1, 0.15) is 27.8 Å². The monoisotopic (exact) mass is 311 g/mol. The fourth-order valence-corrected chi connectivity index (χ4v) is 2.67. The van der Waals surface area contributed by atoms with E-state index in [1.807, 2.05) is 48.5 Å². The highest BCUT2D eigenvalue weighted by atomic mass is 32.1. The van der Waals surface area contributed by atoms with Crippen LogP contribution in [0.25, 0.3) is 0 Å². The van der Waals surface area contributed by atoms with Crippen molar-refractivity contribution in [3.8, 4) is 0 Å². The zero-order valence-corrected chi connectivity index (χ0v) is 12.4. The second-order valence-corrected chi connectivity index (χ2v) is 5.09. The molecule has 1 aromatic carbocycles. The lowest BCUT2D eigenvalue weighted by Crippen LogP contribution is -2.19. The van der Waals surface area contributed by atoms with E-state index in [4.69, 9.17) is 0 Å². The van der Waals surface area contributed by atoms with Crippen molar-refractivity contribution < 1.29 is 9.90 Å². The topological polar surface area (TPSA) is 68.0 Å². The van der Waals surface area contributed by atoms with E-state index in [1.165, 1.54) is 6.20 Å². The van der Waals surface area contributed by atoms with Crippen LogP contribution in [0, 0.1) is 0 Å². The Morgan fingerprint density at radius 3 is 2.45 bits per heavy atom. The Hall–Kier alpha value is -2.60. The molecule has 0 fully saturated rings. The van der Waals surface area contributed by atoms with Gasteiger partial charge in [0, 0.05) is 6.20 Å². The van der Waals surface area contributed by atoms with Crippen LogP contribution in [0.15, 0.2) is 66.1 Å². The number of hydrogen-bond donors (Lipinski definition) is 2. The molecule has 0 aliphatic rings. The fraction of sp³-hybridized carbons (Fsp3) is 0.0625. The molecule has 1 N–H and O–H groups in total. The number of hydrogen-bond acceptors (Lipinski definition) is 4. The molecule has 0 spiro atoms. The van der Waals surface area contributed by atoms with E-state index < -0.39 is 12.0 Å². The Labute approximate surface area is 132 Å². The SMILES string of the molecule is O=C(O)c1cnc(S)n1C(c1ccccc1)c1ccccn1. The summed E-state index contributed by atoms with van der Waals surface area (Å²) >= 11 is 4.31. The molecule has 1 atom stereocenters. The minimum Gasteiger partial charge on any atom is -0.477 e. The summed E-state index contributed by atoms with van der Waals surface area (Å²) in [6.07, 6.45) is 2.99. The molecule has 2 heterocycles. The maximum Gasteiger partial charge on any atom is 0.354 e. The summed E-state index contributed by atoms with van der Waals surface area (Å²) in [6.45, 7) is 0. The van der Waals surface area contributed by atoms with E-state index in [0.717, 1.165) is 11.3 Å². The first-order valence-electron chi connectivity index (χ1n) is 6.64. The minimum atomic E-state index is -1.05. The molecule has 0 aliphatic heterocycles. The van der Waals surface area contributed by atoms with Crippen LogP contribution < -0.4 is 0 Å². The minimum absolute atomic E-state index is 0.0736. The number of carbonyl (C=O) groups is 1. The maximum atomic E-state index is 11.5. The summed E-state index contributed by atoms with van der Waals surface area (Å²) < 4.78 is 1.57. The number of carboxylic acids is 1.